The summed E-state index contributed by atoms with van der Waals surface area (Å²) < 4.78 is 1.03. The Kier molecular flexibility index (Phi) is 5.09. The maximum Gasteiger partial charge on any atom is 0.234 e. The molecule has 2 rings (SSSR count). The first-order valence-electron chi connectivity index (χ1n) is 6.60. The number of pyridine rings is 1. The summed E-state index contributed by atoms with van der Waals surface area (Å²) in [5, 5.41) is 7.08. The van der Waals surface area contributed by atoms with Gasteiger partial charge in [-0.25, -0.2) is 0 Å². The van der Waals surface area contributed by atoms with Crippen LogP contribution in [0.4, 0.5) is 0 Å². The van der Waals surface area contributed by atoms with Crippen molar-refractivity contribution in [2.75, 3.05) is 6.54 Å². The van der Waals surface area contributed by atoms with Gasteiger partial charge in [-0.2, -0.15) is 0 Å². The number of rotatable bonds is 5. The lowest BCUT2D eigenvalue weighted by atomic mass is 10.1. The Morgan fingerprint density at radius 3 is 2.90 bits per heavy atom. The summed E-state index contributed by atoms with van der Waals surface area (Å²) in [4.78, 5) is 16.0. The van der Waals surface area contributed by atoms with Crippen molar-refractivity contribution in [3.8, 4) is 0 Å². The molecule has 1 aromatic heterocycles. The number of hydrogen-bond donors (Lipinski definition) is 2. The first kappa shape index (κ1) is 14.9. The number of halogens is 1. The third-order valence-corrected chi connectivity index (χ3v) is 3.54. The second-order valence-corrected chi connectivity index (χ2v) is 5.79. The molecule has 0 spiro atoms. The molecule has 0 aliphatic rings. The first-order chi connectivity index (χ1) is 9.58. The Morgan fingerprint density at radius 1 is 1.35 bits per heavy atom. The topological polar surface area (TPSA) is 54.0 Å². The molecule has 0 atom stereocenters. The Labute approximate surface area is 127 Å². The third kappa shape index (κ3) is 3.77. The highest BCUT2D eigenvalue weighted by atomic mass is 79.9. The number of nitrogens with one attached hydrogen (secondary N) is 2. The van der Waals surface area contributed by atoms with Crippen molar-refractivity contribution in [3.63, 3.8) is 0 Å². The molecular weight excluding hydrogens is 318 g/mol. The van der Waals surface area contributed by atoms with E-state index in [9.17, 15) is 4.79 Å². The van der Waals surface area contributed by atoms with E-state index >= 15 is 0 Å². The molecule has 0 fully saturated rings. The Morgan fingerprint density at radius 2 is 2.15 bits per heavy atom. The number of carbonyl (C=O) groups excluding carboxylic acids is 1. The molecule has 5 heteroatoms. The quantitative estimate of drug-likeness (QED) is 0.883. The van der Waals surface area contributed by atoms with Gasteiger partial charge in [-0.05, 0) is 31.5 Å². The largest absolute Gasteiger partial charge is 0.353 e. The molecule has 0 aliphatic heterocycles. The van der Waals surface area contributed by atoms with E-state index in [-0.39, 0.29) is 11.9 Å². The highest BCUT2D eigenvalue weighted by Crippen LogP contribution is 2.24. The molecule has 2 N–H and O–H groups in total. The van der Waals surface area contributed by atoms with Crippen LogP contribution in [0.15, 0.2) is 34.9 Å². The average Bonchev–Trinajstić information content (AvgIpc) is 2.41. The molecule has 1 heterocycles. The van der Waals surface area contributed by atoms with Gasteiger partial charge in [0.15, 0.2) is 0 Å². The molecule has 2 aromatic rings. The van der Waals surface area contributed by atoms with E-state index in [0.717, 1.165) is 20.9 Å². The maximum atomic E-state index is 11.6. The number of hydrogen-bond acceptors (Lipinski definition) is 3. The molecule has 1 amide bonds. The first-order valence-corrected chi connectivity index (χ1v) is 7.39. The fourth-order valence-corrected chi connectivity index (χ4v) is 2.47. The van der Waals surface area contributed by atoms with Gasteiger partial charge in [-0.3, -0.25) is 9.78 Å². The highest BCUT2D eigenvalue weighted by molar-refractivity contribution is 9.10. The molecule has 0 radical (unpaired) electrons. The van der Waals surface area contributed by atoms with Crippen LogP contribution >= 0.6 is 15.9 Å². The van der Waals surface area contributed by atoms with Gasteiger partial charge < -0.3 is 10.6 Å². The maximum absolute atomic E-state index is 11.6. The van der Waals surface area contributed by atoms with Crippen molar-refractivity contribution in [2.45, 2.75) is 26.4 Å². The lowest BCUT2D eigenvalue weighted by Gasteiger charge is -2.10. The molecule has 1 aromatic carbocycles. The average molecular weight is 336 g/mol. The number of benzene rings is 1. The lowest BCUT2D eigenvalue weighted by Crippen LogP contribution is -2.37. The number of nitrogens with zero attached hydrogens (tertiary/aromatic N) is 1. The fourth-order valence-electron chi connectivity index (χ4n) is 2.02. The second-order valence-electron chi connectivity index (χ2n) is 4.93. The van der Waals surface area contributed by atoms with Crippen LogP contribution < -0.4 is 10.6 Å². The van der Waals surface area contributed by atoms with Gasteiger partial charge in [0.2, 0.25) is 5.91 Å². The number of aromatic nitrogens is 1. The monoisotopic (exact) mass is 335 g/mol. The molecule has 20 heavy (non-hydrogen) atoms. The molecule has 0 bridgehead atoms. The van der Waals surface area contributed by atoms with E-state index in [1.165, 1.54) is 0 Å². The molecule has 106 valence electrons. The van der Waals surface area contributed by atoms with Crippen LogP contribution in [0.1, 0.15) is 19.4 Å². The molecule has 0 saturated carbocycles. The standard InChI is InChI=1S/C15H18BrN3O/c1-10(2)19-14(20)9-17-8-11-5-6-13(16)12-4-3-7-18-15(11)12/h3-7,10,17H,8-9H2,1-2H3,(H,19,20). The SMILES string of the molecule is CC(C)NC(=O)CNCc1ccc(Br)c2cccnc12. The van der Waals surface area contributed by atoms with Gasteiger partial charge in [-0.1, -0.05) is 28.1 Å². The summed E-state index contributed by atoms with van der Waals surface area (Å²) >= 11 is 3.53. The Hall–Kier alpha value is -1.46. The molecule has 4 nitrogen and oxygen atoms in total. The van der Waals surface area contributed by atoms with Crippen molar-refractivity contribution < 1.29 is 4.79 Å². The summed E-state index contributed by atoms with van der Waals surface area (Å²) in [6.45, 7) is 4.82. The van der Waals surface area contributed by atoms with Crippen molar-refractivity contribution >= 4 is 32.7 Å². The van der Waals surface area contributed by atoms with Crippen LogP contribution in [-0.4, -0.2) is 23.5 Å². The van der Waals surface area contributed by atoms with Crippen LogP contribution in [0.3, 0.4) is 0 Å². The molecule has 0 aliphatic carbocycles. The van der Waals surface area contributed by atoms with E-state index in [4.69, 9.17) is 0 Å². The second kappa shape index (κ2) is 6.81. The minimum absolute atomic E-state index is 0.00868. The van der Waals surface area contributed by atoms with Gasteiger partial charge in [0.1, 0.15) is 0 Å². The minimum atomic E-state index is 0.00868. The van der Waals surface area contributed by atoms with Crippen LogP contribution in [0, 0.1) is 0 Å². The number of fused-ring (bicyclic) bond motifs is 1. The molecule has 0 unspecified atom stereocenters. The van der Waals surface area contributed by atoms with Gasteiger partial charge in [0.25, 0.3) is 0 Å². The zero-order valence-corrected chi connectivity index (χ0v) is 13.2. The number of amides is 1. The van der Waals surface area contributed by atoms with Gasteiger partial charge in [0, 0.05) is 28.6 Å². The normalized spacial score (nSPS) is 11.0. The summed E-state index contributed by atoms with van der Waals surface area (Å²) in [5.74, 6) is 0.00868. The Bertz CT molecular complexity index is 613. The number of carbonyl (C=O) groups is 1. The van der Waals surface area contributed by atoms with Crippen LogP contribution in [-0.2, 0) is 11.3 Å². The van der Waals surface area contributed by atoms with Crippen LogP contribution in [0.2, 0.25) is 0 Å². The summed E-state index contributed by atoms with van der Waals surface area (Å²) in [5.41, 5.74) is 2.04. The lowest BCUT2D eigenvalue weighted by molar-refractivity contribution is -0.120. The van der Waals surface area contributed by atoms with Crippen LogP contribution in [0.5, 0.6) is 0 Å². The van der Waals surface area contributed by atoms with Crippen molar-refractivity contribution in [3.05, 3.63) is 40.5 Å². The Balaban J connectivity index is 2.04. The van der Waals surface area contributed by atoms with Gasteiger partial charge in [-0.15, -0.1) is 0 Å². The van der Waals surface area contributed by atoms with Gasteiger partial charge >= 0.3 is 0 Å². The molecule has 0 saturated heterocycles. The van der Waals surface area contributed by atoms with E-state index in [1.54, 1.807) is 6.20 Å². The molecular formula is C15H18BrN3O. The predicted octanol–water partition coefficient (Wildman–Crippen LogP) is 2.61. The smallest absolute Gasteiger partial charge is 0.234 e. The zero-order chi connectivity index (χ0) is 14.5. The van der Waals surface area contributed by atoms with E-state index in [0.29, 0.717) is 13.1 Å². The minimum Gasteiger partial charge on any atom is -0.353 e. The third-order valence-electron chi connectivity index (χ3n) is 2.85. The zero-order valence-electron chi connectivity index (χ0n) is 11.6. The van der Waals surface area contributed by atoms with E-state index in [1.807, 2.05) is 38.1 Å². The fraction of sp³-hybridized carbons (Fsp3) is 0.333. The summed E-state index contributed by atoms with van der Waals surface area (Å²) in [6, 6.07) is 8.14. The van der Waals surface area contributed by atoms with Crippen molar-refractivity contribution in [1.29, 1.82) is 0 Å². The van der Waals surface area contributed by atoms with Crippen molar-refractivity contribution in [2.24, 2.45) is 0 Å². The summed E-state index contributed by atoms with van der Waals surface area (Å²) in [7, 11) is 0. The predicted molar refractivity (Wildman–Crippen MR) is 84.4 cm³/mol. The highest BCUT2D eigenvalue weighted by Gasteiger charge is 2.06. The summed E-state index contributed by atoms with van der Waals surface area (Å²) in [6.07, 6.45) is 1.78. The van der Waals surface area contributed by atoms with Crippen molar-refractivity contribution in [1.82, 2.24) is 15.6 Å². The van der Waals surface area contributed by atoms with Crippen LogP contribution in [0.25, 0.3) is 10.9 Å². The van der Waals surface area contributed by atoms with E-state index in [2.05, 4.69) is 31.5 Å². The van der Waals surface area contributed by atoms with Gasteiger partial charge in [0.05, 0.1) is 12.1 Å². The van der Waals surface area contributed by atoms with E-state index < -0.39 is 0 Å².